The van der Waals surface area contributed by atoms with Crippen LogP contribution in [0.15, 0.2) is 12.1 Å². The molecule has 0 radical (unpaired) electrons. The van der Waals surface area contributed by atoms with Crippen molar-refractivity contribution in [2.24, 2.45) is 0 Å². The van der Waals surface area contributed by atoms with E-state index in [1.165, 1.54) is 18.4 Å². The van der Waals surface area contributed by atoms with Crippen LogP contribution in [0.2, 0.25) is 5.15 Å². The number of aromatic amines is 1. The molecule has 1 fully saturated rings. The number of esters is 1. The quantitative estimate of drug-likeness (QED) is 0.689. The van der Waals surface area contributed by atoms with E-state index in [-0.39, 0.29) is 29.8 Å². The Labute approximate surface area is 172 Å². The van der Waals surface area contributed by atoms with E-state index >= 15 is 0 Å². The average molecular weight is 427 g/mol. The van der Waals surface area contributed by atoms with Gasteiger partial charge in [0.15, 0.2) is 11.0 Å². The number of amides is 1. The number of aromatic nitrogens is 2. The van der Waals surface area contributed by atoms with Crippen LogP contribution in [0, 0.1) is 0 Å². The van der Waals surface area contributed by atoms with Crippen molar-refractivity contribution in [1.29, 1.82) is 0 Å². The summed E-state index contributed by atoms with van der Waals surface area (Å²) in [7, 11) is 2.99. The highest BCUT2D eigenvalue weighted by atomic mass is 35.5. The number of nitrogens with zero attached hydrogens (tertiary/aromatic N) is 2. The van der Waals surface area contributed by atoms with E-state index in [0.29, 0.717) is 29.4 Å². The van der Waals surface area contributed by atoms with Gasteiger partial charge in [-0.2, -0.15) is 0 Å². The normalized spacial score (nSPS) is 19.5. The second kappa shape index (κ2) is 8.93. The van der Waals surface area contributed by atoms with Gasteiger partial charge in [0.05, 0.1) is 30.0 Å². The highest BCUT2D eigenvalue weighted by molar-refractivity contribution is 7.17. The molecule has 1 aliphatic heterocycles. The summed E-state index contributed by atoms with van der Waals surface area (Å²) in [5.74, 6) is -0.434. The minimum atomic E-state index is -0.342. The summed E-state index contributed by atoms with van der Waals surface area (Å²) in [6.07, 6.45) is 1.18. The number of nitrogens with one attached hydrogen (secondary N) is 2. The molecule has 3 rings (SSSR count). The Bertz CT molecular complexity index is 853. The fourth-order valence-corrected chi connectivity index (χ4v) is 4.42. The third kappa shape index (κ3) is 4.31. The Balaban J connectivity index is 1.64. The van der Waals surface area contributed by atoms with Crippen LogP contribution in [0.5, 0.6) is 0 Å². The molecule has 2 atom stereocenters. The Hall–Kier alpha value is -2.10. The zero-order valence-corrected chi connectivity index (χ0v) is 17.5. The Kier molecular flexibility index (Phi) is 6.58. The molecule has 1 amide bonds. The lowest BCUT2D eigenvalue weighted by Gasteiger charge is -2.38. The van der Waals surface area contributed by atoms with Gasteiger partial charge in [0, 0.05) is 20.2 Å². The molecule has 0 aliphatic carbocycles. The summed E-state index contributed by atoms with van der Waals surface area (Å²) >= 11 is 7.41. The van der Waals surface area contributed by atoms with E-state index in [2.05, 4.69) is 20.2 Å². The number of anilines is 1. The molecule has 2 N–H and O–H groups in total. The number of carbonyl (C=O) groups excluding carboxylic acids is 2. The van der Waals surface area contributed by atoms with E-state index < -0.39 is 0 Å². The zero-order chi connectivity index (χ0) is 20.3. The van der Waals surface area contributed by atoms with Crippen molar-refractivity contribution in [3.63, 3.8) is 0 Å². The van der Waals surface area contributed by atoms with Crippen LogP contribution in [-0.4, -0.2) is 61.3 Å². The number of carbonyl (C=O) groups is 2. The summed E-state index contributed by atoms with van der Waals surface area (Å²) in [4.78, 5) is 34.0. The maximum absolute atomic E-state index is 12.5. The van der Waals surface area contributed by atoms with Crippen molar-refractivity contribution in [3.8, 4) is 0 Å². The van der Waals surface area contributed by atoms with Gasteiger partial charge in [0.2, 0.25) is 0 Å². The van der Waals surface area contributed by atoms with Gasteiger partial charge in [-0.25, -0.2) is 9.78 Å². The van der Waals surface area contributed by atoms with Crippen LogP contribution >= 0.6 is 22.9 Å². The fourth-order valence-electron chi connectivity index (χ4n) is 3.20. The van der Waals surface area contributed by atoms with E-state index in [0.717, 1.165) is 17.2 Å². The van der Waals surface area contributed by atoms with Crippen molar-refractivity contribution in [3.05, 3.63) is 33.7 Å². The summed E-state index contributed by atoms with van der Waals surface area (Å²) in [6.45, 7) is 3.26. The number of rotatable bonds is 6. The first-order valence-corrected chi connectivity index (χ1v) is 10.2. The summed E-state index contributed by atoms with van der Waals surface area (Å²) < 4.78 is 10.4. The number of aryl methyl sites for hydroxylation is 1. The van der Waals surface area contributed by atoms with Crippen molar-refractivity contribution in [2.75, 3.05) is 32.2 Å². The molecule has 1 aliphatic rings. The van der Waals surface area contributed by atoms with Gasteiger partial charge in [-0.05, 0) is 25.0 Å². The van der Waals surface area contributed by atoms with Gasteiger partial charge in [0.25, 0.3) is 5.91 Å². The topological polar surface area (TPSA) is 96.6 Å². The molecule has 3 heterocycles. The number of thiophene rings is 1. The van der Waals surface area contributed by atoms with Crippen LogP contribution in [0.4, 0.5) is 5.00 Å². The van der Waals surface area contributed by atoms with Crippen LogP contribution in [0.25, 0.3) is 0 Å². The number of halogens is 1. The first kappa shape index (κ1) is 20.6. The maximum Gasteiger partial charge on any atom is 0.348 e. The standard InChI is InChI=1S/C18H23ClN4O4S/c1-4-10-15(19)22-16(20-10)17(24)21-11-7-8-23(9-12(11)26-2)14-6-5-13(28-14)18(25)27-3/h5-6,11-12H,4,7-9H2,1-3H3,(H,20,22)(H,21,24). The summed E-state index contributed by atoms with van der Waals surface area (Å²) in [5, 5.41) is 4.29. The lowest BCUT2D eigenvalue weighted by Crippen LogP contribution is -2.55. The minimum absolute atomic E-state index is 0.150. The highest BCUT2D eigenvalue weighted by Crippen LogP contribution is 2.29. The maximum atomic E-state index is 12.5. The lowest BCUT2D eigenvalue weighted by atomic mass is 10.0. The van der Waals surface area contributed by atoms with E-state index in [1.807, 2.05) is 13.0 Å². The van der Waals surface area contributed by atoms with Crippen molar-refractivity contribution in [1.82, 2.24) is 15.3 Å². The van der Waals surface area contributed by atoms with Crippen LogP contribution in [-0.2, 0) is 15.9 Å². The second-order valence-electron chi connectivity index (χ2n) is 6.43. The fraction of sp³-hybridized carbons (Fsp3) is 0.500. The predicted molar refractivity (Wildman–Crippen MR) is 108 cm³/mol. The van der Waals surface area contributed by atoms with E-state index in [4.69, 9.17) is 21.1 Å². The summed E-state index contributed by atoms with van der Waals surface area (Å²) in [5.41, 5.74) is 0.740. The van der Waals surface area contributed by atoms with Crippen LogP contribution < -0.4 is 10.2 Å². The molecule has 1 saturated heterocycles. The molecule has 2 aromatic rings. The Morgan fingerprint density at radius 3 is 2.86 bits per heavy atom. The highest BCUT2D eigenvalue weighted by Gasteiger charge is 2.32. The molecule has 10 heteroatoms. The number of H-pyrrole nitrogens is 1. The monoisotopic (exact) mass is 426 g/mol. The lowest BCUT2D eigenvalue weighted by molar-refractivity contribution is 0.0539. The van der Waals surface area contributed by atoms with Gasteiger partial charge in [0.1, 0.15) is 4.88 Å². The molecule has 152 valence electrons. The van der Waals surface area contributed by atoms with Crippen molar-refractivity contribution in [2.45, 2.75) is 31.9 Å². The van der Waals surface area contributed by atoms with Gasteiger partial charge >= 0.3 is 5.97 Å². The van der Waals surface area contributed by atoms with Crippen LogP contribution in [0.3, 0.4) is 0 Å². The summed E-state index contributed by atoms with van der Waals surface area (Å²) in [6, 6.07) is 3.51. The largest absolute Gasteiger partial charge is 0.465 e. The molecule has 8 nitrogen and oxygen atoms in total. The number of hydrogen-bond acceptors (Lipinski definition) is 7. The van der Waals surface area contributed by atoms with Gasteiger partial charge < -0.3 is 24.7 Å². The predicted octanol–water partition coefficient (Wildman–Crippen LogP) is 2.50. The Morgan fingerprint density at radius 1 is 1.43 bits per heavy atom. The smallest absolute Gasteiger partial charge is 0.348 e. The minimum Gasteiger partial charge on any atom is -0.465 e. The molecule has 0 saturated carbocycles. The number of piperidine rings is 1. The number of ether oxygens (including phenoxy) is 2. The van der Waals surface area contributed by atoms with Crippen molar-refractivity contribution >= 4 is 39.8 Å². The first-order chi connectivity index (χ1) is 13.5. The number of imidazole rings is 1. The molecule has 2 unspecified atom stereocenters. The molecular formula is C18H23ClN4O4S. The second-order valence-corrected chi connectivity index (χ2v) is 7.85. The molecule has 0 bridgehead atoms. The molecule has 0 spiro atoms. The number of methoxy groups -OCH3 is 2. The first-order valence-electron chi connectivity index (χ1n) is 8.97. The van der Waals surface area contributed by atoms with E-state index in [1.54, 1.807) is 13.2 Å². The van der Waals surface area contributed by atoms with Gasteiger partial charge in [-0.15, -0.1) is 11.3 Å². The third-order valence-corrected chi connectivity index (χ3v) is 6.20. The number of hydrogen-bond donors (Lipinski definition) is 2. The molecule has 2 aromatic heterocycles. The van der Waals surface area contributed by atoms with E-state index in [9.17, 15) is 9.59 Å². The third-order valence-electron chi connectivity index (χ3n) is 4.77. The van der Waals surface area contributed by atoms with Crippen LogP contribution in [0.1, 0.15) is 39.3 Å². The van der Waals surface area contributed by atoms with Gasteiger partial charge in [-0.1, -0.05) is 18.5 Å². The molecular weight excluding hydrogens is 404 g/mol. The zero-order valence-electron chi connectivity index (χ0n) is 16.0. The average Bonchev–Trinajstić information content (AvgIpc) is 3.34. The Morgan fingerprint density at radius 2 is 2.21 bits per heavy atom. The SMILES string of the molecule is CCc1[nH]c(C(=O)NC2CCN(c3ccc(C(=O)OC)s3)CC2OC)nc1Cl. The molecule has 28 heavy (non-hydrogen) atoms. The molecule has 0 aromatic carbocycles. The van der Waals surface area contributed by atoms with Gasteiger partial charge in [-0.3, -0.25) is 4.79 Å². The van der Waals surface area contributed by atoms with Crippen molar-refractivity contribution < 1.29 is 19.1 Å².